The van der Waals surface area contributed by atoms with Crippen molar-refractivity contribution in [3.05, 3.63) is 91.3 Å². The number of carbonyl (C=O) groups is 2. The minimum Gasteiger partial charge on any atom is -0.494 e. The van der Waals surface area contributed by atoms with Gasteiger partial charge in [-0.3, -0.25) is 14.7 Å². The number of hydrogen-bond donors (Lipinski definition) is 4. The molecule has 3 aromatic carbocycles. The number of rotatable bonds is 11. The number of aromatic nitrogens is 3. The Hall–Kier alpha value is -4.64. The maximum Gasteiger partial charge on any atom is 0.275 e. The van der Waals surface area contributed by atoms with E-state index in [1.165, 1.54) is 6.21 Å². The Bertz CT molecular complexity index is 2110. The van der Waals surface area contributed by atoms with Crippen molar-refractivity contribution >= 4 is 63.9 Å². The largest absolute Gasteiger partial charge is 0.494 e. The number of aryl methyl sites for hydroxylation is 6. The fourth-order valence-electron chi connectivity index (χ4n) is 7.17. The maximum atomic E-state index is 14.9. The van der Waals surface area contributed by atoms with Gasteiger partial charge in [-0.25, -0.2) is 0 Å². The van der Waals surface area contributed by atoms with Crippen LogP contribution in [0.25, 0.3) is 22.0 Å². The lowest BCUT2D eigenvalue weighted by atomic mass is 9.98. The molecule has 1 amide bonds. The van der Waals surface area contributed by atoms with Crippen LogP contribution in [0.1, 0.15) is 81.2 Å². The first kappa shape index (κ1) is 38.6. The van der Waals surface area contributed by atoms with Crippen LogP contribution in [0.5, 0.6) is 5.75 Å². The van der Waals surface area contributed by atoms with Crippen LogP contribution in [0.3, 0.4) is 0 Å². The molecule has 1 aliphatic heterocycles. The van der Waals surface area contributed by atoms with Crippen LogP contribution in [0.15, 0.2) is 36.4 Å². The molecule has 0 aliphatic carbocycles. The van der Waals surface area contributed by atoms with Gasteiger partial charge in [-0.1, -0.05) is 29.3 Å². The first-order valence-corrected chi connectivity index (χ1v) is 18.1. The molecule has 0 atom stereocenters. The molecule has 4 N–H and O–H groups in total. The van der Waals surface area contributed by atoms with Crippen molar-refractivity contribution in [3.8, 4) is 16.9 Å². The van der Waals surface area contributed by atoms with Gasteiger partial charge in [-0.15, -0.1) is 0 Å². The van der Waals surface area contributed by atoms with E-state index < -0.39 is 0 Å². The molecule has 1 aliphatic rings. The van der Waals surface area contributed by atoms with E-state index in [0.717, 1.165) is 74.3 Å². The number of fused-ring (bicyclic) bond motifs is 3. The normalized spacial score (nSPS) is 12.8. The number of aromatic amines is 1. The SMILES string of the molecule is CO.Cc1cc(OCCCc2c3n(c4c(-c5c(C)n[nH]c5C)c(Cl)ccc24)CCCN(c2cc(C=O)c(C=N)c(NC(C)C)c2)C3=O)cc(C)c1Cl. The minimum atomic E-state index is -0.156. The number of halogens is 2. The summed E-state index contributed by atoms with van der Waals surface area (Å²) in [6.45, 7) is 13.3. The summed E-state index contributed by atoms with van der Waals surface area (Å²) in [5, 5.41) is 28.2. The van der Waals surface area contributed by atoms with Crippen LogP contribution in [0, 0.1) is 33.1 Å². The number of aliphatic hydroxyl groups excluding tert-OH is 1. The summed E-state index contributed by atoms with van der Waals surface area (Å²) in [5.41, 5.74) is 9.95. The second-order valence-corrected chi connectivity index (χ2v) is 14.1. The zero-order valence-electron chi connectivity index (χ0n) is 30.7. The van der Waals surface area contributed by atoms with Gasteiger partial charge in [0, 0.05) is 82.2 Å². The smallest absolute Gasteiger partial charge is 0.275 e. The van der Waals surface area contributed by atoms with E-state index in [1.54, 1.807) is 11.0 Å². The van der Waals surface area contributed by atoms with Crippen molar-refractivity contribution < 1.29 is 19.4 Å². The molecule has 6 rings (SSSR count). The lowest BCUT2D eigenvalue weighted by molar-refractivity contribution is 0.0982. The Morgan fingerprint density at radius 1 is 1.06 bits per heavy atom. The van der Waals surface area contributed by atoms with Crippen molar-refractivity contribution in [1.29, 1.82) is 5.41 Å². The van der Waals surface area contributed by atoms with Crippen LogP contribution in [0.4, 0.5) is 11.4 Å². The monoisotopic (exact) mass is 744 g/mol. The number of benzene rings is 3. The van der Waals surface area contributed by atoms with Gasteiger partial charge in [0.25, 0.3) is 5.91 Å². The number of carbonyl (C=O) groups excluding carboxylic acids is 2. The van der Waals surface area contributed by atoms with Crippen molar-refractivity contribution in [3.63, 3.8) is 0 Å². The predicted molar refractivity (Wildman–Crippen MR) is 212 cm³/mol. The van der Waals surface area contributed by atoms with Crippen LogP contribution < -0.4 is 15.0 Å². The molecule has 0 bridgehead atoms. The van der Waals surface area contributed by atoms with E-state index in [2.05, 4.69) is 20.1 Å². The van der Waals surface area contributed by atoms with E-state index in [0.29, 0.717) is 72.2 Å². The van der Waals surface area contributed by atoms with Gasteiger partial charge in [0.05, 0.1) is 22.8 Å². The highest BCUT2D eigenvalue weighted by molar-refractivity contribution is 6.35. The molecule has 274 valence electrons. The number of anilines is 2. The van der Waals surface area contributed by atoms with Gasteiger partial charge in [0.1, 0.15) is 11.4 Å². The predicted octanol–water partition coefficient (Wildman–Crippen LogP) is 8.87. The summed E-state index contributed by atoms with van der Waals surface area (Å²) < 4.78 is 8.32. The Kier molecular flexibility index (Phi) is 12.1. The molecule has 12 heteroatoms. The molecular weight excluding hydrogens is 699 g/mol. The van der Waals surface area contributed by atoms with Gasteiger partial charge >= 0.3 is 0 Å². The van der Waals surface area contributed by atoms with E-state index >= 15 is 0 Å². The van der Waals surface area contributed by atoms with Crippen LogP contribution in [0.2, 0.25) is 10.0 Å². The molecule has 0 saturated carbocycles. The summed E-state index contributed by atoms with van der Waals surface area (Å²) in [6, 6.07) is 11.4. The fraction of sp³-hybridized carbons (Fsp3) is 0.350. The molecule has 0 spiro atoms. The second kappa shape index (κ2) is 16.4. The molecule has 5 aromatic rings. The van der Waals surface area contributed by atoms with E-state index in [-0.39, 0.29) is 11.9 Å². The molecule has 2 aromatic heterocycles. The molecule has 0 fully saturated rings. The number of aldehydes is 1. The quantitative estimate of drug-likeness (QED) is 0.0606. The maximum absolute atomic E-state index is 14.9. The van der Waals surface area contributed by atoms with Gasteiger partial charge in [0.2, 0.25) is 0 Å². The molecule has 0 unspecified atom stereocenters. The summed E-state index contributed by atoms with van der Waals surface area (Å²) >= 11 is 13.4. The lowest BCUT2D eigenvalue weighted by Gasteiger charge is -2.24. The van der Waals surface area contributed by atoms with Crippen molar-refractivity contribution in [1.82, 2.24) is 14.8 Å². The zero-order chi connectivity index (χ0) is 37.9. The molecule has 3 heterocycles. The highest BCUT2D eigenvalue weighted by Crippen LogP contribution is 2.43. The van der Waals surface area contributed by atoms with Gasteiger partial charge < -0.3 is 30.0 Å². The van der Waals surface area contributed by atoms with Gasteiger partial charge in [-0.2, -0.15) is 5.10 Å². The Morgan fingerprint density at radius 2 is 1.77 bits per heavy atom. The Morgan fingerprint density at radius 3 is 2.38 bits per heavy atom. The first-order valence-electron chi connectivity index (χ1n) is 17.4. The topological polar surface area (TPSA) is 136 Å². The van der Waals surface area contributed by atoms with Crippen molar-refractivity contribution in [2.45, 2.75) is 73.4 Å². The van der Waals surface area contributed by atoms with E-state index in [1.807, 2.05) is 71.9 Å². The third-order valence-electron chi connectivity index (χ3n) is 9.34. The summed E-state index contributed by atoms with van der Waals surface area (Å²) in [4.78, 5) is 29.0. The molecular formula is C40H46Cl2N6O4. The third-order valence-corrected chi connectivity index (χ3v) is 10.3. The van der Waals surface area contributed by atoms with E-state index in [9.17, 15) is 9.59 Å². The van der Waals surface area contributed by atoms with Crippen LogP contribution in [-0.2, 0) is 13.0 Å². The third kappa shape index (κ3) is 7.33. The number of nitrogens with zero attached hydrogens (tertiary/aromatic N) is 3. The number of H-pyrrole nitrogens is 1. The summed E-state index contributed by atoms with van der Waals surface area (Å²) in [5.74, 6) is 0.605. The number of nitrogens with one attached hydrogen (secondary N) is 3. The minimum absolute atomic E-state index is 0.0540. The number of amides is 1. The molecule has 10 nitrogen and oxygen atoms in total. The number of aliphatic hydroxyl groups is 1. The van der Waals surface area contributed by atoms with E-state index in [4.69, 9.17) is 38.5 Å². The van der Waals surface area contributed by atoms with Crippen LogP contribution >= 0.6 is 23.2 Å². The zero-order valence-corrected chi connectivity index (χ0v) is 32.2. The first-order chi connectivity index (χ1) is 24.9. The van der Waals surface area contributed by atoms with Gasteiger partial charge in [-0.05, 0) is 108 Å². The number of hydrogen-bond acceptors (Lipinski definition) is 7. The number of ether oxygens (including phenoxy) is 1. The molecule has 0 radical (unpaired) electrons. The van der Waals surface area contributed by atoms with Crippen molar-refractivity contribution in [2.75, 3.05) is 30.5 Å². The average Bonchev–Trinajstić information content (AvgIpc) is 3.55. The van der Waals surface area contributed by atoms with Crippen molar-refractivity contribution in [2.24, 2.45) is 0 Å². The highest BCUT2D eigenvalue weighted by Gasteiger charge is 2.33. The fourth-order valence-corrected chi connectivity index (χ4v) is 7.52. The average molecular weight is 746 g/mol. The second-order valence-electron chi connectivity index (χ2n) is 13.3. The highest BCUT2D eigenvalue weighted by atomic mass is 35.5. The standard InChI is InChI=1S/C39H42Cl2N6O3.CH4O/c1-21(2)43-33-18-27(17-26(20-48)31(33)19-42)46-12-8-13-47-37-30(10-11-32(40)35(37)34-24(5)44-45-25(34)6)29(38(47)39(46)49)9-7-14-50-28-15-22(3)36(41)23(4)16-28;1-2/h10-11,15-21,42-43H,7-9,12-14H2,1-6H3,(H,44,45);2H,1H3. The lowest BCUT2D eigenvalue weighted by Crippen LogP contribution is -2.32. The van der Waals surface area contributed by atoms with Crippen LogP contribution in [-0.4, -0.2) is 64.6 Å². The Labute approximate surface area is 314 Å². The molecule has 52 heavy (non-hydrogen) atoms. The summed E-state index contributed by atoms with van der Waals surface area (Å²) in [6.07, 6.45) is 3.84. The van der Waals surface area contributed by atoms with Gasteiger partial charge in [0.15, 0.2) is 6.29 Å². The summed E-state index contributed by atoms with van der Waals surface area (Å²) in [7, 11) is 1.00. The Balaban J connectivity index is 0.00000257. The molecule has 0 saturated heterocycles.